The Morgan fingerprint density at radius 3 is 2.44 bits per heavy atom. The van der Waals surface area contributed by atoms with Gasteiger partial charge in [0.25, 0.3) is 5.91 Å². The van der Waals surface area contributed by atoms with Gasteiger partial charge < -0.3 is 15.4 Å². The minimum absolute atomic E-state index is 0.0852. The molecule has 7 nitrogen and oxygen atoms in total. The maximum atomic E-state index is 13.3. The molecule has 1 aliphatic heterocycles. The molecule has 3 aromatic rings. The van der Waals surface area contributed by atoms with Crippen molar-refractivity contribution < 1.29 is 23.5 Å². The van der Waals surface area contributed by atoms with Crippen molar-refractivity contribution >= 4 is 23.6 Å². The molecule has 174 valence electrons. The Hall–Kier alpha value is -4.20. The number of nitrogens with zero attached hydrogens (tertiary/aromatic N) is 1. The average Bonchev–Trinajstić information content (AvgIpc) is 3.17. The van der Waals surface area contributed by atoms with Crippen LogP contribution in [0.1, 0.15) is 34.5 Å². The Balaban J connectivity index is 1.59. The van der Waals surface area contributed by atoms with E-state index in [4.69, 9.17) is 4.74 Å². The van der Waals surface area contributed by atoms with Crippen LogP contribution in [-0.4, -0.2) is 35.4 Å². The molecule has 0 bridgehead atoms. The second-order valence-corrected chi connectivity index (χ2v) is 7.84. The monoisotopic (exact) mass is 461 g/mol. The van der Waals surface area contributed by atoms with Gasteiger partial charge in [-0.15, -0.1) is 0 Å². The zero-order chi connectivity index (χ0) is 24.1. The number of nitrogens with one attached hydrogen (secondary N) is 2. The Morgan fingerprint density at radius 1 is 1.00 bits per heavy atom. The van der Waals surface area contributed by atoms with Gasteiger partial charge in [-0.25, -0.2) is 9.18 Å². The van der Waals surface area contributed by atoms with E-state index in [0.29, 0.717) is 28.9 Å². The second-order valence-electron chi connectivity index (χ2n) is 7.84. The lowest BCUT2D eigenvalue weighted by atomic mass is 10.00. The maximum absolute atomic E-state index is 13.3. The molecule has 0 saturated carbocycles. The summed E-state index contributed by atoms with van der Waals surface area (Å²) in [5.41, 5.74) is 2.24. The fraction of sp³-hybridized carbons (Fsp3) is 0.192. The molecule has 34 heavy (non-hydrogen) atoms. The van der Waals surface area contributed by atoms with Crippen LogP contribution in [0.2, 0.25) is 0 Å². The molecule has 1 heterocycles. The molecule has 3 amide bonds. The summed E-state index contributed by atoms with van der Waals surface area (Å²) >= 11 is 0. The molecule has 4 rings (SSSR count). The van der Waals surface area contributed by atoms with E-state index < -0.39 is 18.2 Å². The van der Waals surface area contributed by atoms with E-state index in [0.717, 1.165) is 0 Å². The molecule has 3 aromatic carbocycles. The molecule has 1 fully saturated rings. The normalized spacial score (nSPS) is 17.2. The molecule has 0 spiro atoms. The third-order valence-corrected chi connectivity index (χ3v) is 5.48. The van der Waals surface area contributed by atoms with E-state index in [9.17, 15) is 18.8 Å². The van der Waals surface area contributed by atoms with Gasteiger partial charge in [-0.2, -0.15) is 0 Å². The van der Waals surface area contributed by atoms with Crippen molar-refractivity contribution in [2.45, 2.75) is 25.6 Å². The number of carbonyl (C=O) groups is 3. The van der Waals surface area contributed by atoms with E-state index >= 15 is 0 Å². The molecule has 0 aromatic heterocycles. The van der Waals surface area contributed by atoms with Crippen molar-refractivity contribution in [3.63, 3.8) is 0 Å². The van der Waals surface area contributed by atoms with Crippen LogP contribution in [0.3, 0.4) is 0 Å². The van der Waals surface area contributed by atoms with Gasteiger partial charge in [0, 0.05) is 17.8 Å². The number of cyclic esters (lactones) is 1. The quantitative estimate of drug-likeness (QED) is 0.550. The number of hydrogen-bond acceptors (Lipinski definition) is 4. The van der Waals surface area contributed by atoms with Crippen molar-refractivity contribution in [2.24, 2.45) is 0 Å². The first kappa shape index (κ1) is 23.0. The lowest BCUT2D eigenvalue weighted by Crippen LogP contribution is -2.46. The smallest absolute Gasteiger partial charge is 0.411 e. The van der Waals surface area contributed by atoms with Gasteiger partial charge in [-0.05, 0) is 54.4 Å². The first-order chi connectivity index (χ1) is 16.5. The molecule has 2 N–H and O–H groups in total. The predicted octanol–water partition coefficient (Wildman–Crippen LogP) is 4.28. The van der Waals surface area contributed by atoms with E-state index in [2.05, 4.69) is 10.6 Å². The van der Waals surface area contributed by atoms with Crippen LogP contribution in [0, 0.1) is 5.82 Å². The fourth-order valence-corrected chi connectivity index (χ4v) is 3.86. The third kappa shape index (κ3) is 5.06. The van der Waals surface area contributed by atoms with E-state index in [1.54, 1.807) is 67.6 Å². The van der Waals surface area contributed by atoms with Gasteiger partial charge in [-0.1, -0.05) is 42.5 Å². The fourth-order valence-electron chi connectivity index (χ4n) is 3.86. The minimum atomic E-state index is -0.933. The van der Waals surface area contributed by atoms with Crippen molar-refractivity contribution in [2.75, 3.05) is 11.9 Å². The highest BCUT2D eigenvalue weighted by atomic mass is 19.1. The highest BCUT2D eigenvalue weighted by Gasteiger charge is 2.46. The number of halogens is 1. The van der Waals surface area contributed by atoms with Crippen LogP contribution >= 0.6 is 0 Å². The molecule has 2 atom stereocenters. The van der Waals surface area contributed by atoms with Crippen LogP contribution in [0.4, 0.5) is 14.9 Å². The summed E-state index contributed by atoms with van der Waals surface area (Å²) in [7, 11) is 0. The number of hydrogen-bond donors (Lipinski definition) is 2. The first-order valence-electron chi connectivity index (χ1n) is 10.9. The Labute approximate surface area is 196 Å². The number of rotatable bonds is 7. The van der Waals surface area contributed by atoms with E-state index in [-0.39, 0.29) is 24.2 Å². The highest BCUT2D eigenvalue weighted by molar-refractivity contribution is 6.04. The summed E-state index contributed by atoms with van der Waals surface area (Å²) in [4.78, 5) is 39.6. The molecule has 1 saturated heterocycles. The summed E-state index contributed by atoms with van der Waals surface area (Å²) in [6.45, 7) is 2.25. The predicted molar refractivity (Wildman–Crippen MR) is 124 cm³/mol. The van der Waals surface area contributed by atoms with Crippen LogP contribution < -0.4 is 10.6 Å². The SMILES string of the molecule is CCNC(=O)[C@@H]1[C@H](c2cccc(NC(=O)c3ccccc3)c2)OC(=O)N1Cc1ccc(F)cc1. The standard InChI is InChI=1S/C26H24FN3O4/c1-2-28-25(32)22-23(34-26(33)30(22)16-17-11-13-20(27)14-12-17)19-9-6-10-21(15-19)29-24(31)18-7-4-3-5-8-18/h3-15,22-23H,2,16H2,1H3,(H,28,32)(H,29,31)/t22-,23-/m0/s1. The van der Waals surface area contributed by atoms with Gasteiger partial charge >= 0.3 is 6.09 Å². The van der Waals surface area contributed by atoms with Crippen molar-refractivity contribution in [3.8, 4) is 0 Å². The molecule has 1 aliphatic rings. The summed E-state index contributed by atoms with van der Waals surface area (Å²) in [5.74, 6) is -1.03. The van der Waals surface area contributed by atoms with Gasteiger partial charge in [0.2, 0.25) is 5.91 Å². The van der Waals surface area contributed by atoms with Crippen molar-refractivity contribution in [1.82, 2.24) is 10.2 Å². The molecule has 0 aliphatic carbocycles. The summed E-state index contributed by atoms with van der Waals surface area (Å²) in [5, 5.41) is 5.59. The number of likely N-dealkylation sites (N-methyl/N-ethyl adjacent to an activating group) is 1. The molecule has 0 unspecified atom stereocenters. The molecule has 8 heteroatoms. The Morgan fingerprint density at radius 2 is 1.74 bits per heavy atom. The van der Waals surface area contributed by atoms with Crippen LogP contribution in [-0.2, 0) is 16.1 Å². The number of ether oxygens (including phenoxy) is 1. The highest BCUT2D eigenvalue weighted by Crippen LogP contribution is 2.35. The average molecular weight is 461 g/mol. The van der Waals surface area contributed by atoms with Crippen LogP contribution in [0.5, 0.6) is 0 Å². The number of amides is 3. The molecular formula is C26H24FN3O4. The lowest BCUT2D eigenvalue weighted by Gasteiger charge is -2.24. The van der Waals surface area contributed by atoms with Gasteiger partial charge in [0.1, 0.15) is 5.82 Å². The zero-order valence-corrected chi connectivity index (χ0v) is 18.5. The van der Waals surface area contributed by atoms with Crippen molar-refractivity contribution in [1.29, 1.82) is 0 Å². The summed E-state index contributed by atoms with van der Waals surface area (Å²) in [6, 6.07) is 20.4. The lowest BCUT2D eigenvalue weighted by molar-refractivity contribution is -0.126. The van der Waals surface area contributed by atoms with E-state index in [1.807, 2.05) is 6.07 Å². The number of benzene rings is 3. The zero-order valence-electron chi connectivity index (χ0n) is 18.5. The summed E-state index contributed by atoms with van der Waals surface area (Å²) < 4.78 is 18.9. The van der Waals surface area contributed by atoms with Gasteiger partial charge in [0.05, 0.1) is 6.54 Å². The van der Waals surface area contributed by atoms with Crippen molar-refractivity contribution in [3.05, 3.63) is 101 Å². The first-order valence-corrected chi connectivity index (χ1v) is 10.9. The maximum Gasteiger partial charge on any atom is 0.411 e. The molecular weight excluding hydrogens is 437 g/mol. The molecule has 0 radical (unpaired) electrons. The Kier molecular flexibility index (Phi) is 6.87. The van der Waals surface area contributed by atoms with Gasteiger partial charge in [-0.3, -0.25) is 14.5 Å². The number of anilines is 1. The summed E-state index contributed by atoms with van der Waals surface area (Å²) in [6.07, 6.45) is -1.53. The largest absolute Gasteiger partial charge is 0.438 e. The second kappa shape index (κ2) is 10.2. The third-order valence-electron chi connectivity index (χ3n) is 5.48. The number of carbonyl (C=O) groups excluding carboxylic acids is 3. The van der Waals surface area contributed by atoms with Crippen LogP contribution in [0.15, 0.2) is 78.9 Å². The minimum Gasteiger partial charge on any atom is -0.438 e. The van der Waals surface area contributed by atoms with E-state index in [1.165, 1.54) is 17.0 Å². The topological polar surface area (TPSA) is 87.7 Å². The van der Waals surface area contributed by atoms with Crippen LogP contribution in [0.25, 0.3) is 0 Å². The Bertz CT molecular complexity index is 1180. The van der Waals surface area contributed by atoms with Gasteiger partial charge in [0.15, 0.2) is 12.1 Å².